The van der Waals surface area contributed by atoms with E-state index in [1.54, 1.807) is 0 Å². The predicted octanol–water partition coefficient (Wildman–Crippen LogP) is 17.0. The van der Waals surface area contributed by atoms with E-state index in [0.29, 0.717) is 0 Å². The van der Waals surface area contributed by atoms with Crippen LogP contribution < -0.4 is 4.90 Å². The highest BCUT2D eigenvalue weighted by Crippen LogP contribution is 2.42. The molecule has 0 saturated carbocycles. The summed E-state index contributed by atoms with van der Waals surface area (Å²) in [5, 5.41) is 14.6. The summed E-state index contributed by atoms with van der Waals surface area (Å²) in [6, 6.07) is 81.8. The maximum absolute atomic E-state index is 4.76. The highest BCUT2D eigenvalue weighted by molar-refractivity contribution is 6.14. The molecule has 0 fully saturated rings. The molecule has 0 aliphatic rings. The summed E-state index contributed by atoms with van der Waals surface area (Å²) < 4.78 is 0. The Morgan fingerprint density at radius 2 is 0.738 bits per heavy atom. The number of benzene rings is 11. The van der Waals surface area contributed by atoms with Crippen molar-refractivity contribution in [2.45, 2.75) is 0 Å². The molecular formula is C62H39N3. The van der Waals surface area contributed by atoms with Gasteiger partial charge in [-0.25, -0.2) is 0 Å². The molecule has 65 heavy (non-hydrogen) atoms. The molecule has 2 heterocycles. The molecule has 3 heteroatoms. The first-order valence-corrected chi connectivity index (χ1v) is 22.2. The third-order valence-electron chi connectivity index (χ3n) is 13.3. The van der Waals surface area contributed by atoms with Gasteiger partial charge in [-0.3, -0.25) is 9.97 Å². The molecule has 0 N–H and O–H groups in total. The molecule has 302 valence electrons. The van der Waals surface area contributed by atoms with Gasteiger partial charge in [-0.1, -0.05) is 152 Å². The Hall–Kier alpha value is -8.66. The lowest BCUT2D eigenvalue weighted by atomic mass is 9.94. The number of rotatable bonds is 6. The minimum Gasteiger partial charge on any atom is -0.310 e. The molecular weight excluding hydrogens is 787 g/mol. The van der Waals surface area contributed by atoms with Crippen LogP contribution in [0.1, 0.15) is 0 Å². The number of hydrogen-bond donors (Lipinski definition) is 0. The van der Waals surface area contributed by atoms with Gasteiger partial charge < -0.3 is 4.90 Å². The van der Waals surface area contributed by atoms with E-state index in [1.807, 2.05) is 24.5 Å². The monoisotopic (exact) mass is 825 g/mol. The van der Waals surface area contributed by atoms with Crippen LogP contribution >= 0.6 is 0 Å². The summed E-state index contributed by atoms with van der Waals surface area (Å²) >= 11 is 0. The third-order valence-corrected chi connectivity index (χ3v) is 13.3. The van der Waals surface area contributed by atoms with Crippen molar-refractivity contribution in [3.8, 4) is 33.4 Å². The Morgan fingerprint density at radius 1 is 0.246 bits per heavy atom. The van der Waals surface area contributed by atoms with Crippen molar-refractivity contribution >= 4 is 92.7 Å². The fourth-order valence-corrected chi connectivity index (χ4v) is 10.1. The van der Waals surface area contributed by atoms with E-state index in [4.69, 9.17) is 4.98 Å². The zero-order valence-corrected chi connectivity index (χ0v) is 35.4. The second-order valence-electron chi connectivity index (χ2n) is 17.0. The van der Waals surface area contributed by atoms with Crippen LogP contribution in [0, 0.1) is 0 Å². The van der Waals surface area contributed by atoms with Gasteiger partial charge >= 0.3 is 0 Å². The number of nitrogens with zero attached hydrogens (tertiary/aromatic N) is 3. The maximum atomic E-state index is 4.76. The average Bonchev–Trinajstić information content (AvgIpc) is 3.38. The van der Waals surface area contributed by atoms with Crippen LogP contribution in [-0.2, 0) is 0 Å². The van der Waals surface area contributed by atoms with Crippen LogP contribution in [0.4, 0.5) is 17.1 Å². The number of anilines is 3. The van der Waals surface area contributed by atoms with Crippen molar-refractivity contribution < 1.29 is 0 Å². The lowest BCUT2D eigenvalue weighted by Crippen LogP contribution is -2.10. The number of pyridine rings is 2. The Labute approximate surface area is 376 Å². The van der Waals surface area contributed by atoms with Crippen LogP contribution in [0.5, 0.6) is 0 Å². The summed E-state index contributed by atoms with van der Waals surface area (Å²) in [7, 11) is 0. The summed E-state index contributed by atoms with van der Waals surface area (Å²) in [6.07, 6.45) is 3.74. The molecule has 13 rings (SSSR count). The topological polar surface area (TPSA) is 29.0 Å². The SMILES string of the molecule is c1ccc2cc(-c3ccc4c(ccc5cc(N(c6ccc(-c7cccc8c7ccc7ncccc78)cc6)c6ccc(-c7cc8ncccc8c8ccccc78)cc6)ccc54)c3)ccc2c1. The molecule has 0 atom stereocenters. The molecule has 2 aromatic heterocycles. The van der Waals surface area contributed by atoms with Gasteiger partial charge in [0.2, 0.25) is 0 Å². The fraction of sp³-hybridized carbons (Fsp3) is 0. The standard InChI is InChI=1S/C62H39N3/c1-2-9-43-36-44(17-16-40(43)8-1)45-24-30-52-46(37-45)18-19-47-38-50(29-31-53(47)52)65(48-25-20-41(21-26-48)51-12-5-13-55-57(51)32-33-61-58(55)14-6-34-63-61)49-27-22-42(23-28-49)60-39-62-59(15-7-35-64-62)54-10-3-4-11-56(54)60/h1-39H. The normalized spacial score (nSPS) is 11.7. The molecule has 0 aliphatic carbocycles. The van der Waals surface area contributed by atoms with E-state index >= 15 is 0 Å². The summed E-state index contributed by atoms with van der Waals surface area (Å²) in [5.74, 6) is 0. The van der Waals surface area contributed by atoms with E-state index in [2.05, 4.69) is 222 Å². The molecule has 0 saturated heterocycles. The van der Waals surface area contributed by atoms with Gasteiger partial charge in [-0.05, 0) is 160 Å². The Bertz CT molecular complexity index is 4000. The van der Waals surface area contributed by atoms with Crippen molar-refractivity contribution in [2.24, 2.45) is 0 Å². The van der Waals surface area contributed by atoms with Crippen LogP contribution in [0.25, 0.3) is 109 Å². The van der Waals surface area contributed by atoms with Crippen molar-refractivity contribution in [3.63, 3.8) is 0 Å². The third kappa shape index (κ3) is 6.28. The van der Waals surface area contributed by atoms with E-state index < -0.39 is 0 Å². The van der Waals surface area contributed by atoms with Crippen molar-refractivity contribution in [1.82, 2.24) is 9.97 Å². The Morgan fingerprint density at radius 3 is 1.49 bits per heavy atom. The lowest BCUT2D eigenvalue weighted by Gasteiger charge is -2.26. The van der Waals surface area contributed by atoms with Crippen LogP contribution in [0.15, 0.2) is 237 Å². The molecule has 0 bridgehead atoms. The second kappa shape index (κ2) is 15.0. The Kier molecular flexibility index (Phi) is 8.53. The highest BCUT2D eigenvalue weighted by atomic mass is 15.1. The number of hydrogen-bond acceptors (Lipinski definition) is 3. The molecule has 0 radical (unpaired) electrons. The number of fused-ring (bicyclic) bond motifs is 10. The van der Waals surface area contributed by atoms with Gasteiger partial charge in [0.05, 0.1) is 11.0 Å². The number of aromatic nitrogens is 2. The van der Waals surface area contributed by atoms with E-state index in [9.17, 15) is 0 Å². The maximum Gasteiger partial charge on any atom is 0.0714 e. The van der Waals surface area contributed by atoms with E-state index in [0.717, 1.165) is 33.7 Å². The molecule has 11 aromatic carbocycles. The lowest BCUT2D eigenvalue weighted by molar-refractivity contribution is 1.29. The van der Waals surface area contributed by atoms with Crippen molar-refractivity contribution in [3.05, 3.63) is 237 Å². The van der Waals surface area contributed by atoms with Gasteiger partial charge in [0.1, 0.15) is 0 Å². The minimum atomic E-state index is 0.997. The summed E-state index contributed by atoms with van der Waals surface area (Å²) in [6.45, 7) is 0. The quantitative estimate of drug-likeness (QED) is 0.156. The summed E-state index contributed by atoms with van der Waals surface area (Å²) in [4.78, 5) is 11.8. The van der Waals surface area contributed by atoms with Crippen LogP contribution in [0.2, 0.25) is 0 Å². The molecule has 3 nitrogen and oxygen atoms in total. The van der Waals surface area contributed by atoms with E-state index in [1.165, 1.54) is 92.5 Å². The molecule has 13 aromatic rings. The highest BCUT2D eigenvalue weighted by Gasteiger charge is 2.17. The molecule has 0 unspecified atom stereocenters. The zero-order chi connectivity index (χ0) is 42.8. The fourth-order valence-electron chi connectivity index (χ4n) is 10.1. The predicted molar refractivity (Wildman–Crippen MR) is 276 cm³/mol. The summed E-state index contributed by atoms with van der Waals surface area (Å²) in [5.41, 5.74) is 12.4. The van der Waals surface area contributed by atoms with Gasteiger partial charge in [0.25, 0.3) is 0 Å². The molecule has 0 spiro atoms. The van der Waals surface area contributed by atoms with Crippen LogP contribution in [-0.4, -0.2) is 9.97 Å². The smallest absolute Gasteiger partial charge is 0.0714 e. The second-order valence-corrected chi connectivity index (χ2v) is 17.0. The average molecular weight is 826 g/mol. The van der Waals surface area contributed by atoms with E-state index in [-0.39, 0.29) is 0 Å². The van der Waals surface area contributed by atoms with Crippen molar-refractivity contribution in [1.29, 1.82) is 0 Å². The first-order chi connectivity index (χ1) is 32.2. The largest absolute Gasteiger partial charge is 0.310 e. The van der Waals surface area contributed by atoms with Gasteiger partial charge in [0, 0.05) is 40.2 Å². The van der Waals surface area contributed by atoms with Gasteiger partial charge in [-0.2, -0.15) is 0 Å². The first-order valence-electron chi connectivity index (χ1n) is 22.2. The molecule has 0 aliphatic heterocycles. The first kappa shape index (κ1) is 36.9. The minimum absolute atomic E-state index is 0.997. The van der Waals surface area contributed by atoms with Crippen molar-refractivity contribution in [2.75, 3.05) is 4.90 Å². The molecule has 0 amide bonds. The van der Waals surface area contributed by atoms with Gasteiger partial charge in [-0.15, -0.1) is 0 Å². The van der Waals surface area contributed by atoms with Gasteiger partial charge in [0.15, 0.2) is 0 Å². The Balaban J connectivity index is 0.918. The zero-order valence-electron chi connectivity index (χ0n) is 35.4. The van der Waals surface area contributed by atoms with Crippen LogP contribution in [0.3, 0.4) is 0 Å².